The average molecular weight is 557 g/mol. The zero-order valence-electron chi connectivity index (χ0n) is 25.2. The summed E-state index contributed by atoms with van der Waals surface area (Å²) >= 11 is 0. The Bertz CT molecular complexity index is 967. The summed E-state index contributed by atoms with van der Waals surface area (Å²) in [4.78, 5) is 13.3. The topological polar surface area (TPSA) is 124 Å². The molecule has 4 aliphatic heterocycles. The maximum atomic E-state index is 13.3. The van der Waals surface area contributed by atoms with E-state index in [1.807, 2.05) is 47.6 Å². The smallest absolute Gasteiger partial charge is 0.311 e. The second-order valence-electron chi connectivity index (χ2n) is 13.4. The number of likely N-dealkylation sites (N-methyl/N-ethyl adjacent to an activating group) is 1. The molecule has 0 aromatic rings. The van der Waals surface area contributed by atoms with Crippen molar-refractivity contribution >= 4 is 5.97 Å². The maximum absolute atomic E-state index is 13.3. The highest BCUT2D eigenvalue weighted by Crippen LogP contribution is 2.56. The molecule has 4 rings (SSSR count). The summed E-state index contributed by atoms with van der Waals surface area (Å²) in [5, 5.41) is 33.5. The molecule has 0 aromatic carbocycles. The molecule has 4 aliphatic rings. The van der Waals surface area contributed by atoms with Crippen LogP contribution in [0.4, 0.5) is 0 Å². The first kappa shape index (κ1) is 30.8. The molecule has 224 valence electrons. The Morgan fingerprint density at radius 3 is 2.33 bits per heavy atom. The van der Waals surface area contributed by atoms with E-state index >= 15 is 0 Å². The molecule has 3 bridgehead atoms. The van der Waals surface area contributed by atoms with Crippen LogP contribution in [0, 0.1) is 17.8 Å². The van der Waals surface area contributed by atoms with Gasteiger partial charge in [-0.05, 0) is 59.1 Å². The normalized spacial score (nSPS) is 51.1. The summed E-state index contributed by atoms with van der Waals surface area (Å²) in [6.45, 7) is 15.2. The molecule has 10 heteroatoms. The molecule has 0 radical (unpaired) electrons. The highest BCUT2D eigenvalue weighted by atomic mass is 16.8. The van der Waals surface area contributed by atoms with Gasteiger partial charge >= 0.3 is 5.97 Å². The van der Waals surface area contributed by atoms with Gasteiger partial charge in [0.1, 0.15) is 11.7 Å². The molecule has 1 spiro atoms. The van der Waals surface area contributed by atoms with Gasteiger partial charge in [0.05, 0.1) is 43.9 Å². The Labute approximate surface area is 232 Å². The van der Waals surface area contributed by atoms with E-state index in [1.165, 1.54) is 0 Å². The number of fused-ring (bicyclic) bond motifs is 2. The van der Waals surface area contributed by atoms with Crippen molar-refractivity contribution in [2.75, 3.05) is 14.1 Å². The molecule has 4 heterocycles. The monoisotopic (exact) mass is 556 g/mol. The number of aliphatic hydroxyl groups is 2. The molecule has 0 amide bonds. The number of ether oxygens (including phenoxy) is 5. The molecule has 3 saturated heterocycles. The minimum Gasteiger partial charge on any atom is -0.459 e. The van der Waals surface area contributed by atoms with E-state index in [-0.39, 0.29) is 12.0 Å². The molecule has 3 fully saturated rings. The van der Waals surface area contributed by atoms with Crippen LogP contribution in [0.1, 0.15) is 74.7 Å². The highest BCUT2D eigenvalue weighted by molar-refractivity contribution is 5.73. The fourth-order valence-corrected chi connectivity index (χ4v) is 7.49. The third-order valence-corrected chi connectivity index (χ3v) is 9.65. The lowest BCUT2D eigenvalue weighted by Gasteiger charge is -2.47. The number of esters is 1. The first-order valence-electron chi connectivity index (χ1n) is 14.4. The lowest BCUT2D eigenvalue weighted by Crippen LogP contribution is -2.63. The molecule has 0 saturated carbocycles. The maximum Gasteiger partial charge on any atom is 0.311 e. The quantitative estimate of drug-likeness (QED) is 0.208. The number of hydroxylamine groups is 3. The number of aliphatic hydroxyl groups excluding tert-OH is 2. The van der Waals surface area contributed by atoms with Gasteiger partial charge in [0.15, 0.2) is 24.2 Å². The summed E-state index contributed by atoms with van der Waals surface area (Å²) < 4.78 is 31.8. The summed E-state index contributed by atoms with van der Waals surface area (Å²) in [6.07, 6.45) is -1.46. The van der Waals surface area contributed by atoms with Gasteiger partial charge in [0, 0.05) is 18.3 Å². The van der Waals surface area contributed by atoms with Crippen LogP contribution in [-0.2, 0) is 28.5 Å². The number of cyclic esters (lactones) is 1. The lowest BCUT2D eigenvalue weighted by atomic mass is 9.78. The first-order valence-corrected chi connectivity index (χ1v) is 14.4. The Hall–Kier alpha value is -1.11. The molecule has 3 unspecified atom stereocenters. The number of rotatable bonds is 4. The predicted octanol–water partition coefficient (Wildman–Crippen LogP) is 2.92. The minimum absolute atomic E-state index is 0.0840. The van der Waals surface area contributed by atoms with Crippen molar-refractivity contribution in [2.24, 2.45) is 17.8 Å². The molecular weight excluding hydrogens is 506 g/mol. The van der Waals surface area contributed by atoms with Crippen molar-refractivity contribution in [2.45, 2.75) is 134 Å². The van der Waals surface area contributed by atoms with Gasteiger partial charge in [0.2, 0.25) is 0 Å². The van der Waals surface area contributed by atoms with Gasteiger partial charge in [-0.1, -0.05) is 20.8 Å². The minimum atomic E-state index is -1.14. The van der Waals surface area contributed by atoms with Crippen LogP contribution < -0.4 is 0 Å². The third-order valence-electron chi connectivity index (χ3n) is 9.65. The SMILES string of the molecule is CC[C@H]1OC(=O)[C@H](C)[C@@H](O)[C@H](C)[C@@H](O[C@@H]2O[C@H](C)C[C@H]([N+](C)(C)O)[C@H]2O)[C@@]2(C)CC(C)C3(OC1(C)C=C3C)O2. The van der Waals surface area contributed by atoms with Gasteiger partial charge in [0.25, 0.3) is 0 Å². The summed E-state index contributed by atoms with van der Waals surface area (Å²) in [6, 6.07) is -0.545. The second kappa shape index (κ2) is 10.3. The van der Waals surface area contributed by atoms with Crippen molar-refractivity contribution in [1.82, 2.24) is 0 Å². The van der Waals surface area contributed by atoms with Crippen molar-refractivity contribution in [3.05, 3.63) is 11.6 Å². The van der Waals surface area contributed by atoms with Gasteiger partial charge in [-0.15, -0.1) is 0 Å². The van der Waals surface area contributed by atoms with Crippen molar-refractivity contribution in [3.63, 3.8) is 0 Å². The van der Waals surface area contributed by atoms with Crippen molar-refractivity contribution in [1.29, 1.82) is 0 Å². The van der Waals surface area contributed by atoms with Crippen LogP contribution in [0.3, 0.4) is 0 Å². The average Bonchev–Trinajstić information content (AvgIpc) is 3.25. The fourth-order valence-electron chi connectivity index (χ4n) is 7.49. The molecule has 0 aliphatic carbocycles. The first-order chi connectivity index (χ1) is 17.9. The van der Waals surface area contributed by atoms with Crippen molar-refractivity contribution < 1.29 is 48.5 Å². The number of carbonyl (C=O) groups is 1. The largest absolute Gasteiger partial charge is 0.459 e. The Kier molecular flexibility index (Phi) is 8.15. The molecule has 0 aromatic heterocycles. The summed E-state index contributed by atoms with van der Waals surface area (Å²) in [5.41, 5.74) is -0.972. The second-order valence-corrected chi connectivity index (χ2v) is 13.4. The van der Waals surface area contributed by atoms with Crippen LogP contribution >= 0.6 is 0 Å². The standard InChI is InChI=1S/C29H50NO9/c1-11-21-27(7)13-15(2)29(38-27)16(3)14-28(8,39-29)24(18(5)22(31)19(6)25(33)36-21)37-26-23(32)20(30(9,10)34)12-17(4)35-26/h13,16-24,26,31-32,34H,11-12,14H2,1-10H3/q+1/t16?,17-,18+,19-,20+,21-,22+,23-,24-,26+,27?,28-,29?/m1/s1. The van der Waals surface area contributed by atoms with E-state index in [9.17, 15) is 20.2 Å². The van der Waals surface area contributed by atoms with Gasteiger partial charge < -0.3 is 33.9 Å². The van der Waals surface area contributed by atoms with Crippen molar-refractivity contribution in [3.8, 4) is 0 Å². The Morgan fingerprint density at radius 1 is 1.10 bits per heavy atom. The van der Waals surface area contributed by atoms with E-state index in [0.717, 1.165) is 5.57 Å². The highest BCUT2D eigenvalue weighted by Gasteiger charge is 2.65. The number of carbonyl (C=O) groups excluding carboxylic acids is 1. The van der Waals surface area contributed by atoms with Crippen LogP contribution in [-0.4, -0.2) is 100.0 Å². The summed E-state index contributed by atoms with van der Waals surface area (Å²) in [5.74, 6) is -3.12. The van der Waals surface area contributed by atoms with Gasteiger partial charge in [-0.2, -0.15) is 4.65 Å². The Balaban J connectivity index is 1.77. The summed E-state index contributed by atoms with van der Waals surface area (Å²) in [7, 11) is 3.22. The van der Waals surface area contributed by atoms with Crippen LogP contribution in [0.2, 0.25) is 0 Å². The third kappa shape index (κ3) is 5.20. The molecular formula is C29H50NO9+. The van der Waals surface area contributed by atoms with E-state index < -0.39 is 76.2 Å². The molecule has 3 N–H and O–H groups in total. The zero-order chi connectivity index (χ0) is 29.3. The van der Waals surface area contributed by atoms with Crippen LogP contribution in [0.25, 0.3) is 0 Å². The van der Waals surface area contributed by atoms with E-state index in [2.05, 4.69) is 6.92 Å². The zero-order valence-corrected chi connectivity index (χ0v) is 25.2. The van der Waals surface area contributed by atoms with E-state index in [0.29, 0.717) is 19.3 Å². The molecule has 10 nitrogen and oxygen atoms in total. The van der Waals surface area contributed by atoms with Gasteiger partial charge in [-0.3, -0.25) is 4.79 Å². The molecule has 39 heavy (non-hydrogen) atoms. The fraction of sp³-hybridized carbons (Fsp3) is 0.897. The van der Waals surface area contributed by atoms with E-state index in [4.69, 9.17) is 23.7 Å². The van der Waals surface area contributed by atoms with Crippen LogP contribution in [0.15, 0.2) is 11.6 Å². The van der Waals surface area contributed by atoms with Crippen LogP contribution in [0.5, 0.6) is 0 Å². The number of hydrogen-bond donors (Lipinski definition) is 3. The number of hydrogen-bond acceptors (Lipinski definition) is 9. The number of nitrogens with zero attached hydrogens (tertiary/aromatic N) is 1. The number of quaternary nitrogens is 1. The van der Waals surface area contributed by atoms with Gasteiger partial charge in [-0.25, -0.2) is 5.21 Å². The molecule has 13 atom stereocenters. The lowest BCUT2D eigenvalue weighted by molar-refractivity contribution is -1.09. The Morgan fingerprint density at radius 2 is 1.74 bits per heavy atom. The van der Waals surface area contributed by atoms with E-state index in [1.54, 1.807) is 21.0 Å². The predicted molar refractivity (Wildman–Crippen MR) is 141 cm³/mol.